The molecule has 0 aromatic heterocycles. The molecule has 0 bridgehead atoms. The summed E-state index contributed by atoms with van der Waals surface area (Å²) in [6, 6.07) is 0. The van der Waals surface area contributed by atoms with Crippen LogP contribution in [0.4, 0.5) is 0 Å². The van der Waals surface area contributed by atoms with Gasteiger partial charge in [-0.25, -0.2) is 0 Å². The molecule has 12 heavy (non-hydrogen) atoms. The fraction of sp³-hybridized carbons (Fsp3) is 1.00. The van der Waals surface area contributed by atoms with Gasteiger partial charge in [-0.2, -0.15) is 0 Å². The van der Waals surface area contributed by atoms with Crippen molar-refractivity contribution in [3.63, 3.8) is 0 Å². The molecule has 0 unspecified atom stereocenters. The molecule has 0 aliphatic carbocycles. The zero-order chi connectivity index (χ0) is 7.82. The maximum absolute atomic E-state index is 2.30. The quantitative estimate of drug-likeness (QED) is 0.480. The molecule has 0 saturated carbocycles. The van der Waals surface area contributed by atoms with Gasteiger partial charge >= 0.3 is 0 Å². The maximum Gasteiger partial charge on any atom is 0.107 e. The van der Waals surface area contributed by atoms with E-state index in [2.05, 4.69) is 20.8 Å². The molecule has 0 aliphatic heterocycles. The highest BCUT2D eigenvalue weighted by Crippen LogP contribution is 2.03. The Morgan fingerprint density at radius 3 is 1.17 bits per heavy atom. The van der Waals surface area contributed by atoms with E-state index in [0.717, 1.165) is 10.9 Å². The third-order valence-electron chi connectivity index (χ3n) is 1.48. The van der Waals surface area contributed by atoms with Crippen molar-refractivity contribution in [2.75, 3.05) is 17.3 Å². The summed E-state index contributed by atoms with van der Waals surface area (Å²) in [5, 5.41) is 0. The van der Waals surface area contributed by atoms with Crippen LogP contribution in [0.15, 0.2) is 0 Å². The molecule has 0 amide bonds. The Hall–Kier alpha value is 1.08. The van der Waals surface area contributed by atoms with E-state index in [1.165, 1.54) is 36.5 Å². The zero-order valence-corrected chi connectivity index (χ0v) is 11.0. The molecule has 1 N–H and O–H groups in total. The lowest BCUT2D eigenvalue weighted by atomic mass is 10.6. The van der Waals surface area contributed by atoms with E-state index in [-0.39, 0.29) is 28.5 Å². The fourth-order valence-corrected chi connectivity index (χ4v) is 3.52. The Bertz CT molecular complexity index is 57.3. The zero-order valence-electron chi connectivity index (χ0n) is 8.81. The fourth-order valence-electron chi connectivity index (χ4n) is 1.17. The van der Waals surface area contributed by atoms with Crippen LogP contribution in [0.2, 0.25) is 0 Å². The van der Waals surface area contributed by atoms with Crippen molar-refractivity contribution in [3.8, 4) is 0 Å². The van der Waals surface area contributed by atoms with E-state index >= 15 is 0 Å². The van der Waals surface area contributed by atoms with Crippen LogP contribution < -0.4 is 0 Å². The van der Waals surface area contributed by atoms with Crippen LogP contribution in [-0.4, -0.2) is 45.8 Å². The van der Waals surface area contributed by atoms with Crippen molar-refractivity contribution < 1.29 is 5.48 Å². The first kappa shape index (κ1) is 18.8. The second-order valence-electron chi connectivity index (χ2n) is 2.72. The van der Waals surface area contributed by atoms with Gasteiger partial charge in [-0.15, -0.1) is 0 Å². The minimum Gasteiger partial charge on any atom is -0.870 e. The van der Waals surface area contributed by atoms with Gasteiger partial charge in [0.25, 0.3) is 0 Å². The molecular weight excluding hydrogens is 180 g/mol. The van der Waals surface area contributed by atoms with Gasteiger partial charge in [-0.1, -0.05) is 20.8 Å². The van der Waals surface area contributed by atoms with Crippen molar-refractivity contribution in [1.82, 2.24) is 0 Å². The topological polar surface area (TPSA) is 30.0 Å². The number of hydrogen-bond donors (Lipinski definition) is 0. The number of rotatable bonds is 6. The molecule has 0 spiro atoms. The molecule has 1 nitrogen and oxygen atoms in total. The minimum absolute atomic E-state index is 0. The van der Waals surface area contributed by atoms with Crippen molar-refractivity contribution in [2.45, 2.75) is 40.0 Å². The largest absolute Gasteiger partial charge is 0.870 e. The van der Waals surface area contributed by atoms with Crippen molar-refractivity contribution >= 4 is 33.9 Å². The molecule has 0 atom stereocenters. The van der Waals surface area contributed by atoms with Gasteiger partial charge in [0.1, 0.15) is 17.3 Å². The van der Waals surface area contributed by atoms with Gasteiger partial charge in [-0.3, -0.25) is 0 Å². The van der Waals surface area contributed by atoms with Crippen LogP contribution in [0, 0.1) is 0 Å². The molecule has 0 saturated heterocycles. The summed E-state index contributed by atoms with van der Waals surface area (Å²) in [5.41, 5.74) is 0. The first-order chi connectivity index (χ1) is 4.85. The van der Waals surface area contributed by atoms with Crippen molar-refractivity contribution in [1.29, 1.82) is 0 Å². The van der Waals surface area contributed by atoms with Crippen LogP contribution >= 0.6 is 0 Å². The van der Waals surface area contributed by atoms with Gasteiger partial charge in [0, 0.05) is 23.1 Å². The summed E-state index contributed by atoms with van der Waals surface area (Å²) in [5.74, 6) is 4.42. The molecule has 0 rings (SSSR count). The van der Waals surface area contributed by atoms with Crippen LogP contribution in [0.3, 0.4) is 0 Å². The molecule has 2 radical (unpaired) electrons. The third kappa shape index (κ3) is 11.1. The van der Waals surface area contributed by atoms with Crippen molar-refractivity contribution in [3.05, 3.63) is 0 Å². The second-order valence-corrected chi connectivity index (χ2v) is 5.17. The molecule has 0 aliphatic rings. The molecule has 0 fully saturated rings. The molecular formula is C9H22MgOS. The van der Waals surface area contributed by atoms with E-state index in [4.69, 9.17) is 0 Å². The predicted molar refractivity (Wildman–Crippen MR) is 60.5 cm³/mol. The number of hydrogen-bond acceptors (Lipinski definition) is 1. The lowest BCUT2D eigenvalue weighted by Crippen LogP contribution is -2.14. The maximum atomic E-state index is 2.30. The smallest absolute Gasteiger partial charge is 0.107 e. The van der Waals surface area contributed by atoms with Gasteiger partial charge in [0.15, 0.2) is 0 Å². The Labute approximate surface area is 96.5 Å². The predicted octanol–water partition coefficient (Wildman–Crippen LogP) is 2.28. The molecule has 0 heterocycles. The van der Waals surface area contributed by atoms with E-state index < -0.39 is 0 Å². The van der Waals surface area contributed by atoms with Crippen LogP contribution in [0.25, 0.3) is 0 Å². The molecule has 72 valence electrons. The second kappa shape index (κ2) is 14.6. The summed E-state index contributed by atoms with van der Waals surface area (Å²) >= 11 is 0. The van der Waals surface area contributed by atoms with Gasteiger partial charge in [0.2, 0.25) is 0 Å². The van der Waals surface area contributed by atoms with Crippen LogP contribution in [0.5, 0.6) is 0 Å². The lowest BCUT2D eigenvalue weighted by Gasteiger charge is -2.03. The Balaban J connectivity index is -0.000000405. The van der Waals surface area contributed by atoms with Crippen LogP contribution in [-0.2, 0) is 10.9 Å². The lowest BCUT2D eigenvalue weighted by molar-refractivity contribution is 0.824. The normalized spacial score (nSPS) is 9.00. The first-order valence-corrected chi connectivity index (χ1v) is 6.22. The van der Waals surface area contributed by atoms with Gasteiger partial charge < -0.3 is 5.48 Å². The Morgan fingerprint density at radius 2 is 1.00 bits per heavy atom. The average molecular weight is 203 g/mol. The summed E-state index contributed by atoms with van der Waals surface area (Å²) in [7, 11) is 0.775. The third-order valence-corrected chi connectivity index (χ3v) is 4.44. The molecule has 0 aromatic carbocycles. The van der Waals surface area contributed by atoms with Gasteiger partial charge in [0.05, 0.1) is 0 Å². The van der Waals surface area contributed by atoms with E-state index in [9.17, 15) is 0 Å². The average Bonchev–Trinajstić information content (AvgIpc) is 1.90. The SMILES string of the molecule is CCC[S+](CCC)CCC.[Mg].[OH-]. The van der Waals surface area contributed by atoms with Crippen molar-refractivity contribution in [2.24, 2.45) is 0 Å². The first-order valence-electron chi connectivity index (χ1n) is 4.49. The summed E-state index contributed by atoms with van der Waals surface area (Å²) < 4.78 is 0. The van der Waals surface area contributed by atoms with Gasteiger partial charge in [-0.05, 0) is 30.2 Å². The van der Waals surface area contributed by atoms with E-state index in [1.54, 1.807) is 0 Å². The highest BCUT2D eigenvalue weighted by Gasteiger charge is 2.12. The Kier molecular flexibility index (Phi) is 22.8. The highest BCUT2D eigenvalue weighted by atomic mass is 32.2. The monoisotopic (exact) mass is 202 g/mol. The van der Waals surface area contributed by atoms with Crippen LogP contribution in [0.1, 0.15) is 40.0 Å². The summed E-state index contributed by atoms with van der Waals surface area (Å²) in [6.45, 7) is 6.89. The summed E-state index contributed by atoms with van der Waals surface area (Å²) in [4.78, 5) is 0. The molecule has 3 heteroatoms. The van der Waals surface area contributed by atoms with E-state index in [1.807, 2.05) is 0 Å². The standard InChI is InChI=1S/C9H21S.Mg.H2O/c1-4-7-10(8-5-2)9-6-3;;/h4-9H2,1-3H3;;1H2/q+1;;/p-1. The van der Waals surface area contributed by atoms with E-state index in [0.29, 0.717) is 0 Å². The summed E-state index contributed by atoms with van der Waals surface area (Å²) in [6.07, 6.45) is 4.13. The Morgan fingerprint density at radius 1 is 0.750 bits per heavy atom. The minimum atomic E-state index is 0. The molecule has 0 aromatic rings. The highest BCUT2D eigenvalue weighted by molar-refractivity contribution is 7.96.